The van der Waals surface area contributed by atoms with Gasteiger partial charge in [-0.05, 0) is 31.5 Å². The first kappa shape index (κ1) is 9.27. The fourth-order valence-corrected chi connectivity index (χ4v) is 1.69. The summed E-state index contributed by atoms with van der Waals surface area (Å²) in [6.07, 6.45) is 3.91. The van der Waals surface area contributed by atoms with Crippen LogP contribution < -0.4 is 10.6 Å². The summed E-state index contributed by atoms with van der Waals surface area (Å²) in [6.45, 7) is 1.55. The van der Waals surface area contributed by atoms with Crippen LogP contribution in [0.3, 0.4) is 0 Å². The number of H-pyrrole nitrogens is 1. The second-order valence-corrected chi connectivity index (χ2v) is 3.56. The molecule has 1 amide bonds. The first-order valence-corrected chi connectivity index (χ1v) is 4.99. The van der Waals surface area contributed by atoms with Crippen LogP contribution in [0, 0.1) is 0 Å². The Morgan fingerprint density at radius 2 is 2.57 bits per heavy atom. The Kier molecular flexibility index (Phi) is 2.84. The van der Waals surface area contributed by atoms with Gasteiger partial charge in [-0.15, -0.1) is 0 Å². The van der Waals surface area contributed by atoms with Gasteiger partial charge in [0.25, 0.3) is 0 Å². The minimum absolute atomic E-state index is 0.0185. The number of carbonyl (C=O) groups is 1. The molecule has 0 radical (unpaired) electrons. The van der Waals surface area contributed by atoms with E-state index in [1.54, 1.807) is 0 Å². The molecule has 1 aromatic rings. The highest BCUT2D eigenvalue weighted by atomic mass is 16.2. The molecule has 0 spiro atoms. The number of hydrogen-bond donors (Lipinski definition) is 3. The van der Waals surface area contributed by atoms with E-state index in [0.29, 0.717) is 6.54 Å². The smallest absolute Gasteiger partial charge is 0.237 e. The number of aromatic nitrogens is 1. The molecule has 1 saturated heterocycles. The molecule has 76 valence electrons. The van der Waals surface area contributed by atoms with Gasteiger partial charge >= 0.3 is 0 Å². The van der Waals surface area contributed by atoms with Crippen molar-refractivity contribution >= 4 is 5.91 Å². The lowest BCUT2D eigenvalue weighted by molar-refractivity contribution is -0.122. The number of carbonyl (C=O) groups excluding carboxylic acids is 1. The van der Waals surface area contributed by atoms with E-state index in [4.69, 9.17) is 0 Å². The quantitative estimate of drug-likeness (QED) is 0.650. The lowest BCUT2D eigenvalue weighted by atomic mass is 10.2. The highest BCUT2D eigenvalue weighted by Crippen LogP contribution is 2.04. The molecule has 1 aliphatic heterocycles. The number of nitrogens with one attached hydrogen (secondary N) is 3. The average molecular weight is 193 g/mol. The van der Waals surface area contributed by atoms with Crippen LogP contribution in [0.25, 0.3) is 0 Å². The van der Waals surface area contributed by atoms with E-state index in [1.807, 2.05) is 18.3 Å². The Morgan fingerprint density at radius 3 is 3.21 bits per heavy atom. The van der Waals surface area contributed by atoms with Crippen molar-refractivity contribution in [3.63, 3.8) is 0 Å². The Balaban J connectivity index is 1.77. The normalized spacial score (nSPS) is 21.0. The fraction of sp³-hybridized carbons (Fsp3) is 0.500. The first-order valence-electron chi connectivity index (χ1n) is 4.99. The molecule has 1 aromatic heterocycles. The van der Waals surface area contributed by atoms with Gasteiger partial charge in [-0.1, -0.05) is 0 Å². The molecule has 4 nitrogen and oxygen atoms in total. The summed E-state index contributed by atoms with van der Waals surface area (Å²) >= 11 is 0. The molecule has 0 aliphatic carbocycles. The standard InChI is InChI=1S/C10H15N3O/c14-10(9-4-2-6-12-9)13-7-8-3-1-5-11-8/h1,3,5,9,11-12H,2,4,6-7H2,(H,13,14). The van der Waals surface area contributed by atoms with Crippen molar-refractivity contribution in [2.24, 2.45) is 0 Å². The molecule has 1 fully saturated rings. The van der Waals surface area contributed by atoms with Gasteiger partial charge in [-0.2, -0.15) is 0 Å². The molecule has 2 rings (SSSR count). The third-order valence-electron chi connectivity index (χ3n) is 2.49. The Morgan fingerprint density at radius 1 is 1.64 bits per heavy atom. The van der Waals surface area contributed by atoms with Gasteiger partial charge in [0, 0.05) is 11.9 Å². The Hall–Kier alpha value is -1.29. The maximum Gasteiger partial charge on any atom is 0.237 e. The molecule has 4 heteroatoms. The Labute approximate surface area is 83.1 Å². The summed E-state index contributed by atoms with van der Waals surface area (Å²) in [5.74, 6) is 0.108. The predicted molar refractivity (Wildman–Crippen MR) is 53.7 cm³/mol. The number of rotatable bonds is 3. The van der Waals surface area contributed by atoms with Gasteiger partial charge in [0.2, 0.25) is 5.91 Å². The van der Waals surface area contributed by atoms with Crippen LogP contribution in [0.15, 0.2) is 18.3 Å². The van der Waals surface area contributed by atoms with Crippen LogP contribution in [-0.2, 0) is 11.3 Å². The van der Waals surface area contributed by atoms with Crippen molar-refractivity contribution in [3.8, 4) is 0 Å². The van der Waals surface area contributed by atoms with Crippen LogP contribution in [-0.4, -0.2) is 23.5 Å². The summed E-state index contributed by atoms with van der Waals surface area (Å²) in [5, 5.41) is 6.06. The van der Waals surface area contributed by atoms with E-state index in [1.165, 1.54) is 0 Å². The molecule has 1 unspecified atom stereocenters. The molecular formula is C10H15N3O. The summed E-state index contributed by atoms with van der Waals surface area (Å²) in [7, 11) is 0. The number of aromatic amines is 1. The molecular weight excluding hydrogens is 178 g/mol. The minimum atomic E-state index is 0.0185. The number of amides is 1. The Bertz CT molecular complexity index is 288. The van der Waals surface area contributed by atoms with Crippen molar-refractivity contribution in [3.05, 3.63) is 24.0 Å². The maximum atomic E-state index is 11.6. The SMILES string of the molecule is O=C(NCc1ccc[nH]1)C1CCCN1. The van der Waals surface area contributed by atoms with E-state index in [9.17, 15) is 4.79 Å². The first-order chi connectivity index (χ1) is 6.86. The van der Waals surface area contributed by atoms with Crippen LogP contribution in [0.1, 0.15) is 18.5 Å². The van der Waals surface area contributed by atoms with Crippen molar-refractivity contribution in [2.45, 2.75) is 25.4 Å². The molecule has 2 heterocycles. The summed E-state index contributed by atoms with van der Waals surface area (Å²) in [4.78, 5) is 14.6. The van der Waals surface area contributed by atoms with Crippen LogP contribution in [0.4, 0.5) is 0 Å². The second kappa shape index (κ2) is 4.28. The van der Waals surface area contributed by atoms with Crippen molar-refractivity contribution in [1.29, 1.82) is 0 Å². The van der Waals surface area contributed by atoms with Gasteiger partial charge in [0.05, 0.1) is 12.6 Å². The summed E-state index contributed by atoms with van der Waals surface area (Å²) in [6, 6.07) is 3.91. The topological polar surface area (TPSA) is 56.9 Å². The van der Waals surface area contributed by atoms with Crippen LogP contribution in [0.5, 0.6) is 0 Å². The zero-order chi connectivity index (χ0) is 9.80. The summed E-state index contributed by atoms with van der Waals surface area (Å²) in [5.41, 5.74) is 1.04. The van der Waals surface area contributed by atoms with Gasteiger partial charge < -0.3 is 15.6 Å². The summed E-state index contributed by atoms with van der Waals surface area (Å²) < 4.78 is 0. The van der Waals surface area contributed by atoms with E-state index in [-0.39, 0.29) is 11.9 Å². The zero-order valence-corrected chi connectivity index (χ0v) is 8.05. The number of hydrogen-bond acceptors (Lipinski definition) is 2. The van der Waals surface area contributed by atoms with Gasteiger partial charge in [-0.3, -0.25) is 4.79 Å². The lowest BCUT2D eigenvalue weighted by Crippen LogP contribution is -2.40. The predicted octanol–water partition coefficient (Wildman–Crippen LogP) is 0.383. The molecule has 1 atom stereocenters. The van der Waals surface area contributed by atoms with E-state index in [0.717, 1.165) is 25.1 Å². The van der Waals surface area contributed by atoms with Crippen molar-refractivity contribution < 1.29 is 4.79 Å². The van der Waals surface area contributed by atoms with E-state index in [2.05, 4.69) is 15.6 Å². The van der Waals surface area contributed by atoms with Crippen molar-refractivity contribution in [1.82, 2.24) is 15.6 Å². The fourth-order valence-electron chi connectivity index (χ4n) is 1.69. The second-order valence-electron chi connectivity index (χ2n) is 3.56. The molecule has 14 heavy (non-hydrogen) atoms. The highest BCUT2D eigenvalue weighted by Gasteiger charge is 2.21. The van der Waals surface area contributed by atoms with E-state index >= 15 is 0 Å². The van der Waals surface area contributed by atoms with E-state index < -0.39 is 0 Å². The van der Waals surface area contributed by atoms with Crippen LogP contribution >= 0.6 is 0 Å². The zero-order valence-electron chi connectivity index (χ0n) is 8.05. The average Bonchev–Trinajstić information content (AvgIpc) is 2.87. The minimum Gasteiger partial charge on any atom is -0.364 e. The third kappa shape index (κ3) is 2.14. The van der Waals surface area contributed by atoms with Gasteiger partial charge in [-0.25, -0.2) is 0 Å². The van der Waals surface area contributed by atoms with Crippen molar-refractivity contribution in [2.75, 3.05) is 6.54 Å². The van der Waals surface area contributed by atoms with Gasteiger partial charge in [0.1, 0.15) is 0 Å². The lowest BCUT2D eigenvalue weighted by Gasteiger charge is -2.09. The maximum absolute atomic E-state index is 11.6. The largest absolute Gasteiger partial charge is 0.364 e. The third-order valence-corrected chi connectivity index (χ3v) is 2.49. The molecule has 0 bridgehead atoms. The highest BCUT2D eigenvalue weighted by molar-refractivity contribution is 5.81. The monoisotopic (exact) mass is 193 g/mol. The van der Waals surface area contributed by atoms with Crippen LogP contribution in [0.2, 0.25) is 0 Å². The molecule has 1 aliphatic rings. The molecule has 3 N–H and O–H groups in total. The molecule has 0 saturated carbocycles. The van der Waals surface area contributed by atoms with Gasteiger partial charge in [0.15, 0.2) is 0 Å². The molecule has 0 aromatic carbocycles.